The summed E-state index contributed by atoms with van der Waals surface area (Å²) in [6.07, 6.45) is 6.01. The van der Waals surface area contributed by atoms with Crippen molar-refractivity contribution in [2.75, 3.05) is 0 Å². The Morgan fingerprint density at radius 3 is 2.14 bits per heavy atom. The molecule has 0 aromatic heterocycles. The van der Waals surface area contributed by atoms with Gasteiger partial charge in [-0.05, 0) is 43.9 Å². The molecule has 0 heterocycles. The van der Waals surface area contributed by atoms with Crippen LogP contribution in [0.5, 0.6) is 0 Å². The van der Waals surface area contributed by atoms with Gasteiger partial charge in [0.05, 0.1) is 5.60 Å². The highest BCUT2D eigenvalue weighted by molar-refractivity contribution is 4.86. The first-order valence-electron chi connectivity index (χ1n) is 6.14. The minimum Gasteiger partial charge on any atom is -0.390 e. The lowest BCUT2D eigenvalue weighted by Crippen LogP contribution is -2.38. The molecular weight excluding hydrogens is 172 g/mol. The van der Waals surface area contributed by atoms with Gasteiger partial charge in [0, 0.05) is 0 Å². The summed E-state index contributed by atoms with van der Waals surface area (Å²) in [7, 11) is 0. The van der Waals surface area contributed by atoms with Crippen LogP contribution in [-0.4, -0.2) is 10.7 Å². The third-order valence-electron chi connectivity index (χ3n) is 3.72. The van der Waals surface area contributed by atoms with Crippen molar-refractivity contribution in [3.05, 3.63) is 0 Å². The number of hydrogen-bond acceptors (Lipinski definition) is 1. The number of rotatable bonds is 3. The monoisotopic (exact) mass is 198 g/mol. The van der Waals surface area contributed by atoms with Crippen molar-refractivity contribution in [2.24, 2.45) is 17.8 Å². The molecule has 0 aromatic carbocycles. The maximum Gasteiger partial charge on any atom is 0.0650 e. The van der Waals surface area contributed by atoms with E-state index >= 15 is 0 Å². The fourth-order valence-corrected chi connectivity index (χ4v) is 2.88. The summed E-state index contributed by atoms with van der Waals surface area (Å²) in [6.45, 7) is 8.75. The zero-order valence-corrected chi connectivity index (χ0v) is 10.2. The second kappa shape index (κ2) is 4.65. The molecule has 1 fully saturated rings. The van der Waals surface area contributed by atoms with Crippen LogP contribution in [-0.2, 0) is 0 Å². The largest absolute Gasteiger partial charge is 0.390 e. The molecule has 0 bridgehead atoms. The van der Waals surface area contributed by atoms with Gasteiger partial charge in [-0.1, -0.05) is 33.6 Å². The standard InChI is InChI=1S/C13H26O/c1-10(2)9-13(4,14)12-7-5-11(3)6-8-12/h10-12,14H,5-9H2,1-4H3. The van der Waals surface area contributed by atoms with Crippen LogP contribution in [0.15, 0.2) is 0 Å². The van der Waals surface area contributed by atoms with E-state index in [0.717, 1.165) is 12.3 Å². The van der Waals surface area contributed by atoms with E-state index in [1.54, 1.807) is 0 Å². The van der Waals surface area contributed by atoms with Crippen LogP contribution >= 0.6 is 0 Å². The molecule has 1 unspecified atom stereocenters. The average Bonchev–Trinajstić information content (AvgIpc) is 2.02. The Balaban J connectivity index is 2.46. The minimum atomic E-state index is -0.422. The van der Waals surface area contributed by atoms with Gasteiger partial charge >= 0.3 is 0 Å². The fourth-order valence-electron chi connectivity index (χ4n) is 2.88. The molecule has 84 valence electrons. The van der Waals surface area contributed by atoms with Crippen LogP contribution in [0.2, 0.25) is 0 Å². The first kappa shape index (κ1) is 12.0. The maximum atomic E-state index is 10.4. The SMILES string of the molecule is CC(C)CC(C)(O)C1CCC(C)CC1. The molecule has 1 N–H and O–H groups in total. The lowest BCUT2D eigenvalue weighted by molar-refractivity contribution is -0.0370. The summed E-state index contributed by atoms with van der Waals surface area (Å²) in [4.78, 5) is 0. The van der Waals surface area contributed by atoms with E-state index in [1.165, 1.54) is 25.7 Å². The van der Waals surface area contributed by atoms with Gasteiger partial charge in [-0.3, -0.25) is 0 Å². The van der Waals surface area contributed by atoms with Gasteiger partial charge in [-0.2, -0.15) is 0 Å². The molecule has 1 aliphatic carbocycles. The summed E-state index contributed by atoms with van der Waals surface area (Å²) in [5.74, 6) is 2.02. The average molecular weight is 198 g/mol. The van der Waals surface area contributed by atoms with Gasteiger partial charge in [0.15, 0.2) is 0 Å². The first-order chi connectivity index (χ1) is 6.42. The molecule has 0 spiro atoms. The van der Waals surface area contributed by atoms with E-state index in [4.69, 9.17) is 0 Å². The molecule has 1 aliphatic rings. The Hall–Kier alpha value is -0.0400. The molecule has 0 radical (unpaired) electrons. The highest BCUT2D eigenvalue weighted by Crippen LogP contribution is 2.38. The van der Waals surface area contributed by atoms with Crippen molar-refractivity contribution in [3.63, 3.8) is 0 Å². The Bertz CT molecular complexity index is 164. The molecule has 1 atom stereocenters. The normalized spacial score (nSPS) is 33.0. The van der Waals surface area contributed by atoms with E-state index in [2.05, 4.69) is 20.8 Å². The van der Waals surface area contributed by atoms with E-state index < -0.39 is 5.60 Å². The second-order valence-electron chi connectivity index (χ2n) is 5.91. The summed E-state index contributed by atoms with van der Waals surface area (Å²) in [5.41, 5.74) is -0.422. The van der Waals surface area contributed by atoms with Gasteiger partial charge in [-0.25, -0.2) is 0 Å². The summed E-state index contributed by atoms with van der Waals surface area (Å²) in [6, 6.07) is 0. The van der Waals surface area contributed by atoms with Crippen molar-refractivity contribution in [3.8, 4) is 0 Å². The molecule has 0 saturated heterocycles. The third-order valence-corrected chi connectivity index (χ3v) is 3.72. The van der Waals surface area contributed by atoms with Gasteiger partial charge in [-0.15, -0.1) is 0 Å². The summed E-state index contributed by atoms with van der Waals surface area (Å²) >= 11 is 0. The van der Waals surface area contributed by atoms with Crippen LogP contribution in [0.3, 0.4) is 0 Å². The molecule has 1 rings (SSSR count). The topological polar surface area (TPSA) is 20.2 Å². The Morgan fingerprint density at radius 2 is 1.71 bits per heavy atom. The molecule has 0 aromatic rings. The third kappa shape index (κ3) is 3.27. The molecule has 0 aliphatic heterocycles. The summed E-state index contributed by atoms with van der Waals surface area (Å²) < 4.78 is 0. The van der Waals surface area contributed by atoms with Gasteiger partial charge in [0.2, 0.25) is 0 Å². The lowest BCUT2D eigenvalue weighted by Gasteiger charge is -2.38. The van der Waals surface area contributed by atoms with E-state index in [0.29, 0.717) is 11.8 Å². The molecule has 1 saturated carbocycles. The van der Waals surface area contributed by atoms with E-state index in [-0.39, 0.29) is 0 Å². The van der Waals surface area contributed by atoms with E-state index in [1.807, 2.05) is 6.92 Å². The van der Waals surface area contributed by atoms with Crippen molar-refractivity contribution >= 4 is 0 Å². The van der Waals surface area contributed by atoms with Crippen LogP contribution in [0, 0.1) is 17.8 Å². The van der Waals surface area contributed by atoms with Crippen LogP contribution < -0.4 is 0 Å². The van der Waals surface area contributed by atoms with Crippen molar-refractivity contribution < 1.29 is 5.11 Å². The molecular formula is C13H26O. The predicted octanol–water partition coefficient (Wildman–Crippen LogP) is 3.61. The zero-order chi connectivity index (χ0) is 10.8. The van der Waals surface area contributed by atoms with Gasteiger partial charge < -0.3 is 5.11 Å². The first-order valence-corrected chi connectivity index (χ1v) is 6.14. The molecule has 14 heavy (non-hydrogen) atoms. The van der Waals surface area contributed by atoms with Gasteiger partial charge in [0.25, 0.3) is 0 Å². The predicted molar refractivity (Wildman–Crippen MR) is 61.2 cm³/mol. The van der Waals surface area contributed by atoms with Crippen molar-refractivity contribution in [1.29, 1.82) is 0 Å². The Labute approximate surface area is 88.9 Å². The van der Waals surface area contributed by atoms with E-state index in [9.17, 15) is 5.11 Å². The molecule has 1 nitrogen and oxygen atoms in total. The zero-order valence-electron chi connectivity index (χ0n) is 10.2. The lowest BCUT2D eigenvalue weighted by atomic mass is 9.72. The number of aliphatic hydroxyl groups is 1. The fraction of sp³-hybridized carbons (Fsp3) is 1.00. The van der Waals surface area contributed by atoms with Crippen molar-refractivity contribution in [1.82, 2.24) is 0 Å². The quantitative estimate of drug-likeness (QED) is 0.734. The molecule has 0 amide bonds. The smallest absolute Gasteiger partial charge is 0.0650 e. The highest BCUT2D eigenvalue weighted by Gasteiger charge is 2.34. The number of hydrogen-bond donors (Lipinski definition) is 1. The van der Waals surface area contributed by atoms with Gasteiger partial charge in [0.1, 0.15) is 0 Å². The Kier molecular flexibility index (Phi) is 4.00. The van der Waals surface area contributed by atoms with Crippen LogP contribution in [0.4, 0.5) is 0 Å². The maximum absolute atomic E-state index is 10.4. The highest BCUT2D eigenvalue weighted by atomic mass is 16.3. The minimum absolute atomic E-state index is 0.422. The Morgan fingerprint density at radius 1 is 1.21 bits per heavy atom. The second-order valence-corrected chi connectivity index (χ2v) is 5.91. The summed E-state index contributed by atoms with van der Waals surface area (Å²) in [5, 5.41) is 10.4. The van der Waals surface area contributed by atoms with Crippen LogP contribution in [0.1, 0.15) is 59.8 Å². The molecule has 1 heteroatoms. The van der Waals surface area contributed by atoms with Crippen LogP contribution in [0.25, 0.3) is 0 Å². The van der Waals surface area contributed by atoms with Crippen molar-refractivity contribution in [2.45, 2.75) is 65.4 Å².